The van der Waals surface area contributed by atoms with Crippen LogP contribution < -0.4 is 14.7 Å². The first-order chi connectivity index (χ1) is 39.5. The molecule has 7 nitrogen and oxygen atoms in total. The highest BCUT2D eigenvalue weighted by Crippen LogP contribution is 2.50. The van der Waals surface area contributed by atoms with Gasteiger partial charge in [0, 0.05) is 107 Å². The smallest absolute Gasteiger partial charge is 0.159 e. The number of allylic oxidation sites excluding steroid dienone is 2. The van der Waals surface area contributed by atoms with E-state index in [4.69, 9.17) is 13.3 Å². The summed E-state index contributed by atoms with van der Waals surface area (Å²) in [5, 5.41) is 7.34. The van der Waals surface area contributed by atoms with Crippen LogP contribution in [0.1, 0.15) is 11.3 Å². The lowest BCUT2D eigenvalue weighted by Gasteiger charge is -2.29. The Kier molecular flexibility index (Phi) is 11.1. The Morgan fingerprint density at radius 1 is 0.350 bits per heavy atom. The molecule has 0 spiro atoms. The van der Waals surface area contributed by atoms with E-state index in [0.717, 1.165) is 145 Å². The minimum absolute atomic E-state index is 0.735. The van der Waals surface area contributed by atoms with Crippen LogP contribution in [0.25, 0.3) is 88.5 Å². The van der Waals surface area contributed by atoms with Gasteiger partial charge in [0.25, 0.3) is 0 Å². The number of para-hydroxylation sites is 6. The van der Waals surface area contributed by atoms with E-state index in [2.05, 4.69) is 269 Å². The zero-order chi connectivity index (χ0) is 53.3. The number of hydrogen-bond acceptors (Lipinski definition) is 6. The highest BCUT2D eigenvalue weighted by molar-refractivity contribution is 6.15. The second-order valence-corrected chi connectivity index (χ2v) is 20.2. The Labute approximate surface area is 461 Å². The van der Waals surface area contributed by atoms with E-state index in [9.17, 15) is 0 Å². The fourth-order valence-electron chi connectivity index (χ4n) is 11.9. The fourth-order valence-corrected chi connectivity index (χ4v) is 11.9. The van der Waals surface area contributed by atoms with Gasteiger partial charge >= 0.3 is 0 Å². The van der Waals surface area contributed by atoms with Crippen molar-refractivity contribution in [3.8, 4) is 5.69 Å². The molecule has 15 aromatic rings. The summed E-state index contributed by atoms with van der Waals surface area (Å²) in [7, 11) is 0. The van der Waals surface area contributed by atoms with Crippen LogP contribution in [0.15, 0.2) is 287 Å². The van der Waals surface area contributed by atoms with Crippen molar-refractivity contribution in [3.63, 3.8) is 0 Å². The minimum Gasteiger partial charge on any atom is -0.456 e. The Balaban J connectivity index is 0.989. The topological polar surface area (TPSA) is 54.1 Å². The fraction of sp³-hybridized carbons (Fsp3) is 0.0137. The third kappa shape index (κ3) is 7.74. The standard InChI is InChI=1S/C73H50N4O3/c1-3-4-29-58-48(2)74(49-21-9-5-10-22-49)66-44-54(34-38-59(58)66)75(50-23-11-6-12-24-50)53-37-41-70-64(42-53)65-43-57(76(51-25-13-7-14-26-51)55-35-39-62-60-30-17-19-32-68(60)78-71(62)46-55)45-67(73(65)80-70)77(52-27-15-8-16-28-52)56-36-40-63-61-31-18-20-33-69(61)79-72(63)47-56/h3-47H,1H2,2H3/b29-4-. The SMILES string of the molecule is C=C/C=C\c1c(C)n(-c2ccccc2)c2cc(N(c3ccccc3)c3ccc4oc5c(N(c6ccccc6)c6ccc7c(c6)oc6ccccc67)cc(N(c6ccccc6)c6ccc7c(c6)oc6ccccc67)cc5c4c3)ccc12. The molecule has 0 bridgehead atoms. The van der Waals surface area contributed by atoms with Crippen LogP contribution in [0.3, 0.4) is 0 Å². The number of rotatable bonds is 12. The molecule has 0 saturated carbocycles. The Hall–Kier alpha value is -10.8. The van der Waals surface area contributed by atoms with Crippen molar-refractivity contribution in [2.24, 2.45) is 0 Å². The van der Waals surface area contributed by atoms with Crippen molar-refractivity contribution in [2.75, 3.05) is 14.7 Å². The normalized spacial score (nSPS) is 11.8. The zero-order valence-electron chi connectivity index (χ0n) is 43.7. The van der Waals surface area contributed by atoms with Gasteiger partial charge in [-0.3, -0.25) is 0 Å². The second-order valence-electron chi connectivity index (χ2n) is 20.2. The van der Waals surface area contributed by atoms with E-state index >= 15 is 0 Å². The van der Waals surface area contributed by atoms with Crippen molar-refractivity contribution >= 4 is 134 Å². The Bertz CT molecular complexity index is 4880. The molecule has 0 aliphatic rings. The highest BCUT2D eigenvalue weighted by atomic mass is 16.3. The maximum Gasteiger partial charge on any atom is 0.159 e. The van der Waals surface area contributed by atoms with Crippen molar-refractivity contribution in [3.05, 3.63) is 285 Å². The van der Waals surface area contributed by atoms with E-state index < -0.39 is 0 Å². The largest absolute Gasteiger partial charge is 0.456 e. The average Bonchev–Trinajstić information content (AvgIpc) is 4.34. The number of anilines is 9. The predicted octanol–water partition coefficient (Wildman–Crippen LogP) is 21.2. The lowest BCUT2D eigenvalue weighted by atomic mass is 10.0. The molecular weight excluding hydrogens is 981 g/mol. The van der Waals surface area contributed by atoms with Crippen molar-refractivity contribution in [1.82, 2.24) is 4.57 Å². The third-order valence-electron chi connectivity index (χ3n) is 15.5. The summed E-state index contributed by atoms with van der Waals surface area (Å²) in [5.74, 6) is 0. The quantitative estimate of drug-likeness (QED) is 0.114. The number of benzene rings is 11. The molecule has 0 atom stereocenters. The summed E-state index contributed by atoms with van der Waals surface area (Å²) < 4.78 is 22.8. The molecule has 0 fully saturated rings. The van der Waals surface area contributed by atoms with Crippen LogP contribution in [-0.2, 0) is 0 Å². The molecule has 4 aromatic heterocycles. The second kappa shape index (κ2) is 19.1. The Morgan fingerprint density at radius 2 is 0.800 bits per heavy atom. The van der Waals surface area contributed by atoms with Crippen LogP contribution >= 0.6 is 0 Å². The molecule has 15 rings (SSSR count). The molecule has 0 amide bonds. The zero-order valence-corrected chi connectivity index (χ0v) is 43.7. The number of fused-ring (bicyclic) bond motifs is 10. The van der Waals surface area contributed by atoms with Gasteiger partial charge < -0.3 is 32.5 Å². The van der Waals surface area contributed by atoms with Crippen LogP contribution in [0.2, 0.25) is 0 Å². The van der Waals surface area contributed by atoms with Crippen molar-refractivity contribution in [1.29, 1.82) is 0 Å². The van der Waals surface area contributed by atoms with Crippen LogP contribution in [0.5, 0.6) is 0 Å². The van der Waals surface area contributed by atoms with Crippen LogP contribution in [0, 0.1) is 6.92 Å². The summed E-state index contributed by atoms with van der Waals surface area (Å²) in [5.41, 5.74) is 17.9. The maximum absolute atomic E-state index is 7.26. The van der Waals surface area contributed by atoms with Gasteiger partial charge in [-0.05, 0) is 134 Å². The van der Waals surface area contributed by atoms with Gasteiger partial charge in [0.05, 0.1) is 16.9 Å². The lowest BCUT2D eigenvalue weighted by molar-refractivity contribution is 0.667. The van der Waals surface area contributed by atoms with E-state index in [1.54, 1.807) is 0 Å². The van der Waals surface area contributed by atoms with Gasteiger partial charge in [0.2, 0.25) is 0 Å². The summed E-state index contributed by atoms with van der Waals surface area (Å²) in [6.45, 7) is 6.18. The van der Waals surface area contributed by atoms with Gasteiger partial charge in [-0.1, -0.05) is 140 Å². The van der Waals surface area contributed by atoms with Crippen molar-refractivity contribution < 1.29 is 13.3 Å². The maximum atomic E-state index is 7.26. The summed E-state index contributed by atoms with van der Waals surface area (Å²) in [6, 6.07) is 89.7. The number of furan rings is 3. The molecule has 0 radical (unpaired) electrons. The molecule has 7 heteroatoms. The van der Waals surface area contributed by atoms with E-state index in [1.165, 1.54) is 0 Å². The molecule has 11 aromatic carbocycles. The monoisotopic (exact) mass is 1030 g/mol. The summed E-state index contributed by atoms with van der Waals surface area (Å²) in [4.78, 5) is 6.95. The molecule has 0 aliphatic heterocycles. The number of aromatic nitrogens is 1. The van der Waals surface area contributed by atoms with Crippen LogP contribution in [0.4, 0.5) is 51.2 Å². The first-order valence-electron chi connectivity index (χ1n) is 26.9. The van der Waals surface area contributed by atoms with Gasteiger partial charge in [0.15, 0.2) is 5.58 Å². The minimum atomic E-state index is 0.735. The van der Waals surface area contributed by atoms with Crippen molar-refractivity contribution in [2.45, 2.75) is 6.92 Å². The van der Waals surface area contributed by atoms with Gasteiger partial charge in [0.1, 0.15) is 27.9 Å². The van der Waals surface area contributed by atoms with Crippen LogP contribution in [-0.4, -0.2) is 4.57 Å². The lowest BCUT2D eigenvalue weighted by Crippen LogP contribution is -2.13. The average molecular weight is 1030 g/mol. The van der Waals surface area contributed by atoms with E-state index in [0.29, 0.717) is 0 Å². The van der Waals surface area contributed by atoms with E-state index in [1.807, 2.05) is 36.4 Å². The summed E-state index contributed by atoms with van der Waals surface area (Å²) in [6.07, 6.45) is 6.00. The first kappa shape index (κ1) is 46.5. The molecule has 80 heavy (non-hydrogen) atoms. The molecule has 380 valence electrons. The number of nitrogens with zero attached hydrogens (tertiary/aromatic N) is 4. The molecule has 0 saturated heterocycles. The van der Waals surface area contributed by atoms with E-state index in [-0.39, 0.29) is 0 Å². The molecule has 0 N–H and O–H groups in total. The van der Waals surface area contributed by atoms with Gasteiger partial charge in [-0.25, -0.2) is 0 Å². The summed E-state index contributed by atoms with van der Waals surface area (Å²) >= 11 is 0. The predicted molar refractivity (Wildman–Crippen MR) is 333 cm³/mol. The van der Waals surface area contributed by atoms with Gasteiger partial charge in [-0.2, -0.15) is 0 Å². The molecular formula is C73H50N4O3. The Morgan fingerprint density at radius 3 is 1.40 bits per heavy atom. The number of hydrogen-bond donors (Lipinski definition) is 0. The highest BCUT2D eigenvalue weighted by Gasteiger charge is 2.27. The van der Waals surface area contributed by atoms with Gasteiger partial charge in [-0.15, -0.1) is 0 Å². The first-order valence-corrected chi connectivity index (χ1v) is 26.9. The third-order valence-corrected chi connectivity index (χ3v) is 15.5. The molecule has 0 unspecified atom stereocenters. The molecule has 4 heterocycles. The molecule has 0 aliphatic carbocycles.